The Balaban J connectivity index is 2.10. The normalized spacial score (nSPS) is 19.8. The Bertz CT molecular complexity index is 449. The van der Waals surface area contributed by atoms with Crippen LogP contribution in [0.2, 0.25) is 0 Å². The highest BCUT2D eigenvalue weighted by Gasteiger charge is 2.32. The Morgan fingerprint density at radius 2 is 2.35 bits per heavy atom. The zero-order chi connectivity index (χ0) is 12.4. The van der Waals surface area contributed by atoms with Gasteiger partial charge in [0.05, 0.1) is 0 Å². The van der Waals surface area contributed by atoms with Gasteiger partial charge < -0.3 is 0 Å². The zero-order valence-corrected chi connectivity index (χ0v) is 12.2. The average Bonchev–Trinajstić information content (AvgIpc) is 2.59. The molecule has 90 valence electrons. The number of pyridine rings is 1. The third kappa shape index (κ3) is 3.19. The molecule has 1 atom stereocenters. The van der Waals surface area contributed by atoms with Gasteiger partial charge in [0, 0.05) is 34.9 Å². The molecule has 6 heteroatoms. The third-order valence-electron chi connectivity index (χ3n) is 2.41. The second kappa shape index (κ2) is 5.34. The number of hydrogen-bond acceptors (Lipinski definition) is 4. The average molecular weight is 362 g/mol. The monoisotopic (exact) mass is 362 g/mol. The molecule has 17 heavy (non-hydrogen) atoms. The van der Waals surface area contributed by atoms with Gasteiger partial charge >= 0.3 is 0 Å². The summed E-state index contributed by atoms with van der Waals surface area (Å²) in [5, 5.41) is 0.112. The van der Waals surface area contributed by atoms with Crippen molar-refractivity contribution >= 4 is 51.2 Å². The first-order valence-corrected chi connectivity index (χ1v) is 7.11. The number of hydrogen-bond donors (Lipinski definition) is 0. The summed E-state index contributed by atoms with van der Waals surface area (Å²) in [5.74, 6) is 0.708. The fraction of sp³-hybridized carbons (Fsp3) is 0.364. The van der Waals surface area contributed by atoms with Crippen molar-refractivity contribution in [2.24, 2.45) is 0 Å². The van der Waals surface area contributed by atoms with Crippen LogP contribution in [0.5, 0.6) is 0 Å². The number of anilines is 1. The largest absolute Gasteiger partial charge is 0.296 e. The molecule has 0 spiro atoms. The van der Waals surface area contributed by atoms with Gasteiger partial charge in [0.1, 0.15) is 5.82 Å². The Kier molecular flexibility index (Phi) is 4.03. The smallest absolute Gasteiger partial charge is 0.229 e. The van der Waals surface area contributed by atoms with E-state index in [2.05, 4.69) is 27.6 Å². The Labute approximate surface area is 117 Å². The van der Waals surface area contributed by atoms with E-state index in [-0.39, 0.29) is 16.3 Å². The summed E-state index contributed by atoms with van der Waals surface area (Å²) in [6.45, 7) is 2.09. The van der Waals surface area contributed by atoms with E-state index < -0.39 is 0 Å². The van der Waals surface area contributed by atoms with Crippen molar-refractivity contribution in [3.05, 3.63) is 21.9 Å². The minimum absolute atomic E-state index is 0.0393. The van der Waals surface area contributed by atoms with Crippen molar-refractivity contribution in [3.63, 3.8) is 0 Å². The van der Waals surface area contributed by atoms with E-state index in [4.69, 9.17) is 0 Å². The second-order valence-electron chi connectivity index (χ2n) is 3.77. The number of amides is 1. The van der Waals surface area contributed by atoms with E-state index in [1.54, 1.807) is 11.1 Å². The Morgan fingerprint density at radius 3 is 2.94 bits per heavy atom. The Hall–Kier alpha value is -0.630. The summed E-state index contributed by atoms with van der Waals surface area (Å²) in [6.07, 6.45) is 2.15. The van der Waals surface area contributed by atoms with Gasteiger partial charge in [-0.15, -0.1) is 0 Å². The predicted octanol–water partition coefficient (Wildman–Crippen LogP) is 2.07. The molecule has 2 rings (SSSR count). The summed E-state index contributed by atoms with van der Waals surface area (Å²) in [6, 6.07) is 3.75. The molecule has 0 aliphatic carbocycles. The fourth-order valence-corrected chi connectivity index (χ4v) is 2.98. The molecule has 1 amide bonds. The molecule has 0 bridgehead atoms. The molecule has 4 nitrogen and oxygen atoms in total. The molecule has 1 aliphatic heterocycles. The standard InChI is InChI=1S/C11H11IN2O2S/c1-7(15)17-9-4-11(16)14(6-9)10-3-2-8(12)5-13-10/h2-3,5,9H,4,6H2,1H3. The van der Waals surface area contributed by atoms with Crippen LogP contribution in [0.25, 0.3) is 0 Å². The quantitative estimate of drug-likeness (QED) is 0.756. The highest BCUT2D eigenvalue weighted by atomic mass is 127. The highest BCUT2D eigenvalue weighted by molar-refractivity contribution is 14.1. The maximum atomic E-state index is 11.8. The van der Waals surface area contributed by atoms with Crippen molar-refractivity contribution in [1.82, 2.24) is 4.98 Å². The lowest BCUT2D eigenvalue weighted by Crippen LogP contribution is -2.25. The lowest BCUT2D eigenvalue weighted by Gasteiger charge is -2.14. The number of rotatable bonds is 2. The van der Waals surface area contributed by atoms with Crippen molar-refractivity contribution in [1.29, 1.82) is 0 Å². The van der Waals surface area contributed by atoms with Crippen LogP contribution in [0.3, 0.4) is 0 Å². The summed E-state index contributed by atoms with van der Waals surface area (Å²) in [7, 11) is 0. The molecule has 1 aliphatic rings. The van der Waals surface area contributed by atoms with E-state index in [1.165, 1.54) is 18.7 Å². The fourth-order valence-electron chi connectivity index (χ4n) is 1.74. The maximum absolute atomic E-state index is 11.8. The molecule has 1 saturated heterocycles. The van der Waals surface area contributed by atoms with E-state index in [1.807, 2.05) is 12.1 Å². The van der Waals surface area contributed by atoms with E-state index in [0.29, 0.717) is 18.8 Å². The molecule has 1 aromatic rings. The summed E-state index contributed by atoms with van der Waals surface area (Å²) in [4.78, 5) is 28.7. The molecular weight excluding hydrogens is 351 g/mol. The van der Waals surface area contributed by atoms with Gasteiger partial charge in [-0.1, -0.05) is 11.8 Å². The van der Waals surface area contributed by atoms with Gasteiger partial charge in [0.25, 0.3) is 0 Å². The van der Waals surface area contributed by atoms with Gasteiger partial charge in [0.15, 0.2) is 5.12 Å². The van der Waals surface area contributed by atoms with Crippen LogP contribution in [-0.2, 0) is 9.59 Å². The number of carbonyl (C=O) groups is 2. The Morgan fingerprint density at radius 1 is 1.59 bits per heavy atom. The van der Waals surface area contributed by atoms with Crippen LogP contribution in [-0.4, -0.2) is 27.8 Å². The van der Waals surface area contributed by atoms with E-state index in [9.17, 15) is 9.59 Å². The molecule has 2 heterocycles. The topological polar surface area (TPSA) is 50.3 Å². The predicted molar refractivity (Wildman–Crippen MR) is 76.0 cm³/mol. The molecule has 1 fully saturated rings. The first-order chi connectivity index (χ1) is 8.06. The van der Waals surface area contributed by atoms with Gasteiger partial charge in [0.2, 0.25) is 5.91 Å². The third-order valence-corrected chi connectivity index (χ3v) is 4.03. The van der Waals surface area contributed by atoms with Crippen molar-refractivity contribution in [3.8, 4) is 0 Å². The van der Waals surface area contributed by atoms with E-state index >= 15 is 0 Å². The van der Waals surface area contributed by atoms with Crippen LogP contribution >= 0.6 is 34.4 Å². The van der Waals surface area contributed by atoms with Crippen LogP contribution in [0.4, 0.5) is 5.82 Å². The number of nitrogens with zero attached hydrogens (tertiary/aromatic N) is 2. The second-order valence-corrected chi connectivity index (χ2v) is 6.50. The van der Waals surface area contributed by atoms with Crippen LogP contribution in [0.15, 0.2) is 18.3 Å². The molecule has 0 saturated carbocycles. The summed E-state index contributed by atoms with van der Waals surface area (Å²) < 4.78 is 1.03. The molecule has 0 N–H and O–H groups in total. The number of thioether (sulfide) groups is 1. The molecule has 1 aromatic heterocycles. The number of aromatic nitrogens is 1. The van der Waals surface area contributed by atoms with Gasteiger partial charge in [-0.2, -0.15) is 0 Å². The van der Waals surface area contributed by atoms with Crippen molar-refractivity contribution < 1.29 is 9.59 Å². The molecular formula is C11H11IN2O2S. The number of carbonyl (C=O) groups excluding carboxylic acids is 2. The lowest BCUT2D eigenvalue weighted by molar-refractivity contribution is -0.117. The SMILES string of the molecule is CC(=O)SC1CC(=O)N(c2ccc(I)cn2)C1. The van der Waals surface area contributed by atoms with E-state index in [0.717, 1.165) is 3.57 Å². The zero-order valence-electron chi connectivity index (χ0n) is 9.22. The van der Waals surface area contributed by atoms with Crippen LogP contribution < -0.4 is 4.90 Å². The highest BCUT2D eigenvalue weighted by Crippen LogP contribution is 2.27. The number of halogens is 1. The molecule has 0 aromatic carbocycles. The minimum atomic E-state index is 0.0393. The van der Waals surface area contributed by atoms with Gasteiger partial charge in [-0.3, -0.25) is 14.5 Å². The first kappa shape index (κ1) is 12.8. The van der Waals surface area contributed by atoms with Crippen LogP contribution in [0.1, 0.15) is 13.3 Å². The first-order valence-electron chi connectivity index (χ1n) is 5.15. The summed E-state index contributed by atoms with van der Waals surface area (Å²) >= 11 is 3.41. The maximum Gasteiger partial charge on any atom is 0.229 e. The minimum Gasteiger partial charge on any atom is -0.296 e. The molecule has 0 radical (unpaired) electrons. The molecule has 1 unspecified atom stereocenters. The van der Waals surface area contributed by atoms with Crippen molar-refractivity contribution in [2.75, 3.05) is 11.4 Å². The van der Waals surface area contributed by atoms with Gasteiger partial charge in [-0.05, 0) is 34.7 Å². The summed E-state index contributed by atoms with van der Waals surface area (Å²) in [5.41, 5.74) is 0. The van der Waals surface area contributed by atoms with Crippen LogP contribution in [0, 0.1) is 3.57 Å². The lowest BCUT2D eigenvalue weighted by atomic mass is 10.4. The van der Waals surface area contributed by atoms with Gasteiger partial charge in [-0.25, -0.2) is 4.98 Å². The van der Waals surface area contributed by atoms with Crippen molar-refractivity contribution in [2.45, 2.75) is 18.6 Å².